The van der Waals surface area contributed by atoms with E-state index in [-0.39, 0.29) is 16.7 Å². The predicted octanol–water partition coefficient (Wildman–Crippen LogP) is 3.51. The molecule has 1 heterocycles. The molecule has 0 aliphatic carbocycles. The monoisotopic (exact) mass is 288 g/mol. The van der Waals surface area contributed by atoms with Gasteiger partial charge in [0.2, 0.25) is 0 Å². The van der Waals surface area contributed by atoms with Gasteiger partial charge in [-0.15, -0.1) is 11.6 Å². The molecule has 1 atom stereocenters. The van der Waals surface area contributed by atoms with Crippen molar-refractivity contribution in [3.05, 3.63) is 29.0 Å². The number of amides is 1. The molecule has 1 aromatic heterocycles. The molecule has 0 aromatic carbocycles. The Morgan fingerprint density at radius 3 is 2.72 bits per heavy atom. The van der Waals surface area contributed by atoms with E-state index in [1.54, 1.807) is 6.07 Å². The van der Waals surface area contributed by atoms with Gasteiger partial charge in [-0.2, -0.15) is 0 Å². The average Bonchev–Trinajstić information content (AvgIpc) is 2.24. The van der Waals surface area contributed by atoms with E-state index < -0.39 is 0 Å². The second-order valence-corrected chi connectivity index (χ2v) is 6.45. The molecule has 0 saturated heterocycles. The molecule has 1 rings (SSSR count). The highest BCUT2D eigenvalue weighted by atomic mass is 35.5. The van der Waals surface area contributed by atoms with Crippen LogP contribution in [0.4, 0.5) is 0 Å². The van der Waals surface area contributed by atoms with Crippen molar-refractivity contribution in [1.29, 1.82) is 0 Å². The Balaban J connectivity index is 2.50. The van der Waals surface area contributed by atoms with E-state index >= 15 is 0 Å². The zero-order valence-corrected chi connectivity index (χ0v) is 12.3. The molecular formula is C13H18Cl2N2O. The lowest BCUT2D eigenvalue weighted by Crippen LogP contribution is -2.31. The highest BCUT2D eigenvalue weighted by molar-refractivity contribution is 6.33. The van der Waals surface area contributed by atoms with Crippen molar-refractivity contribution in [2.75, 3.05) is 6.54 Å². The Labute approximate surface area is 118 Å². The van der Waals surface area contributed by atoms with Crippen molar-refractivity contribution in [2.45, 2.75) is 32.6 Å². The van der Waals surface area contributed by atoms with Gasteiger partial charge in [-0.1, -0.05) is 32.4 Å². The molecule has 0 saturated carbocycles. The maximum absolute atomic E-state index is 11.9. The Hall–Kier alpha value is -0.800. The largest absolute Gasteiger partial charge is 0.351 e. The zero-order valence-electron chi connectivity index (χ0n) is 10.8. The first-order valence-electron chi connectivity index (χ1n) is 5.81. The number of hydrogen-bond acceptors (Lipinski definition) is 2. The lowest BCUT2D eigenvalue weighted by Gasteiger charge is -2.22. The normalized spacial score (nSPS) is 13.2. The lowest BCUT2D eigenvalue weighted by molar-refractivity contribution is 0.0952. The van der Waals surface area contributed by atoms with Crippen molar-refractivity contribution in [3.63, 3.8) is 0 Å². The SMILES string of the molecule is CC(C)(C)CC(Cl)CNC(=O)c1ccncc1Cl. The third-order valence-electron chi connectivity index (χ3n) is 2.34. The molecule has 0 bridgehead atoms. The number of hydrogen-bond donors (Lipinski definition) is 1. The molecule has 1 amide bonds. The zero-order chi connectivity index (χ0) is 13.8. The number of aromatic nitrogens is 1. The van der Waals surface area contributed by atoms with E-state index in [9.17, 15) is 4.79 Å². The number of carbonyl (C=O) groups is 1. The summed E-state index contributed by atoms with van der Waals surface area (Å²) in [6, 6.07) is 1.59. The van der Waals surface area contributed by atoms with Gasteiger partial charge in [0.25, 0.3) is 5.91 Å². The van der Waals surface area contributed by atoms with Crippen LogP contribution in [0.2, 0.25) is 5.02 Å². The van der Waals surface area contributed by atoms with E-state index in [0.29, 0.717) is 17.1 Å². The molecule has 5 heteroatoms. The fraction of sp³-hybridized carbons (Fsp3) is 0.538. The molecule has 1 N–H and O–H groups in total. The maximum Gasteiger partial charge on any atom is 0.252 e. The predicted molar refractivity (Wildman–Crippen MR) is 75.3 cm³/mol. The van der Waals surface area contributed by atoms with Crippen LogP contribution in [0, 0.1) is 5.41 Å². The van der Waals surface area contributed by atoms with Gasteiger partial charge in [0, 0.05) is 18.9 Å². The average molecular weight is 289 g/mol. The molecule has 3 nitrogen and oxygen atoms in total. The highest BCUT2D eigenvalue weighted by Gasteiger charge is 2.18. The van der Waals surface area contributed by atoms with Crippen molar-refractivity contribution in [1.82, 2.24) is 10.3 Å². The van der Waals surface area contributed by atoms with Crippen LogP contribution in [-0.4, -0.2) is 22.8 Å². The summed E-state index contributed by atoms with van der Waals surface area (Å²) in [6.45, 7) is 6.77. The molecule has 100 valence electrons. The standard InChI is InChI=1S/C13H18Cl2N2O/c1-13(2,3)6-9(14)7-17-12(18)10-4-5-16-8-11(10)15/h4-5,8-9H,6-7H2,1-3H3,(H,17,18). The fourth-order valence-corrected chi connectivity index (χ4v) is 2.34. The Kier molecular flexibility index (Phi) is 5.42. The van der Waals surface area contributed by atoms with Crippen molar-refractivity contribution in [2.24, 2.45) is 5.41 Å². The molecular weight excluding hydrogens is 271 g/mol. The van der Waals surface area contributed by atoms with Gasteiger partial charge in [-0.3, -0.25) is 9.78 Å². The molecule has 1 aromatic rings. The molecule has 1 unspecified atom stereocenters. The summed E-state index contributed by atoms with van der Waals surface area (Å²) in [4.78, 5) is 15.7. The van der Waals surface area contributed by atoms with E-state index in [2.05, 4.69) is 31.1 Å². The summed E-state index contributed by atoms with van der Waals surface area (Å²) < 4.78 is 0. The molecule has 18 heavy (non-hydrogen) atoms. The molecule has 0 fully saturated rings. The molecule has 0 aliphatic heterocycles. The minimum Gasteiger partial charge on any atom is -0.351 e. The number of nitrogens with one attached hydrogen (secondary N) is 1. The van der Waals surface area contributed by atoms with Gasteiger partial charge in [-0.25, -0.2) is 0 Å². The van der Waals surface area contributed by atoms with Crippen LogP contribution in [0.1, 0.15) is 37.6 Å². The van der Waals surface area contributed by atoms with Gasteiger partial charge in [0.1, 0.15) is 0 Å². The smallest absolute Gasteiger partial charge is 0.252 e. The third kappa shape index (κ3) is 5.23. The molecule has 0 spiro atoms. The van der Waals surface area contributed by atoms with Crippen LogP contribution in [0.5, 0.6) is 0 Å². The lowest BCUT2D eigenvalue weighted by atomic mass is 9.90. The summed E-state index contributed by atoms with van der Waals surface area (Å²) in [6.07, 6.45) is 3.82. The second kappa shape index (κ2) is 6.39. The van der Waals surface area contributed by atoms with Crippen LogP contribution < -0.4 is 5.32 Å². The van der Waals surface area contributed by atoms with E-state index in [1.807, 2.05) is 0 Å². The van der Waals surface area contributed by atoms with Gasteiger partial charge < -0.3 is 5.32 Å². The van der Waals surface area contributed by atoms with E-state index in [0.717, 1.165) is 6.42 Å². The van der Waals surface area contributed by atoms with Crippen LogP contribution in [-0.2, 0) is 0 Å². The number of nitrogens with zero attached hydrogens (tertiary/aromatic N) is 1. The Morgan fingerprint density at radius 1 is 1.50 bits per heavy atom. The fourth-order valence-electron chi connectivity index (χ4n) is 1.59. The van der Waals surface area contributed by atoms with Crippen LogP contribution in [0.15, 0.2) is 18.5 Å². The van der Waals surface area contributed by atoms with E-state index in [4.69, 9.17) is 23.2 Å². The van der Waals surface area contributed by atoms with Gasteiger partial charge in [-0.05, 0) is 17.9 Å². The highest BCUT2D eigenvalue weighted by Crippen LogP contribution is 2.23. The van der Waals surface area contributed by atoms with Gasteiger partial charge >= 0.3 is 0 Å². The maximum atomic E-state index is 11.9. The number of alkyl halides is 1. The minimum atomic E-state index is -0.220. The number of pyridine rings is 1. The molecule has 0 radical (unpaired) electrons. The summed E-state index contributed by atoms with van der Waals surface area (Å²) in [5, 5.41) is 3.04. The third-order valence-corrected chi connectivity index (χ3v) is 2.94. The van der Waals surface area contributed by atoms with Crippen molar-refractivity contribution in [3.8, 4) is 0 Å². The Bertz CT molecular complexity index is 416. The van der Waals surface area contributed by atoms with Crippen molar-refractivity contribution >= 4 is 29.1 Å². The van der Waals surface area contributed by atoms with E-state index in [1.165, 1.54) is 12.4 Å². The first-order valence-corrected chi connectivity index (χ1v) is 6.63. The minimum absolute atomic E-state index is 0.0884. The van der Waals surface area contributed by atoms with Gasteiger partial charge in [0.15, 0.2) is 0 Å². The summed E-state index contributed by atoms with van der Waals surface area (Å²) >= 11 is 12.1. The Morgan fingerprint density at radius 2 is 2.17 bits per heavy atom. The van der Waals surface area contributed by atoms with Crippen LogP contribution in [0.25, 0.3) is 0 Å². The summed E-state index contributed by atoms with van der Waals surface area (Å²) in [5.74, 6) is -0.220. The number of rotatable bonds is 4. The van der Waals surface area contributed by atoms with Crippen LogP contribution in [0.3, 0.4) is 0 Å². The number of halogens is 2. The van der Waals surface area contributed by atoms with Crippen molar-refractivity contribution < 1.29 is 4.79 Å². The molecule has 0 aliphatic rings. The van der Waals surface area contributed by atoms with Gasteiger partial charge in [0.05, 0.1) is 16.0 Å². The quantitative estimate of drug-likeness (QED) is 0.862. The summed E-state index contributed by atoms with van der Waals surface area (Å²) in [7, 11) is 0. The van der Waals surface area contributed by atoms with Crippen LogP contribution >= 0.6 is 23.2 Å². The topological polar surface area (TPSA) is 42.0 Å². The first kappa shape index (κ1) is 15.3. The number of carbonyl (C=O) groups excluding carboxylic acids is 1. The second-order valence-electron chi connectivity index (χ2n) is 5.43. The summed E-state index contributed by atoms with van der Waals surface area (Å²) in [5.41, 5.74) is 0.567. The first-order chi connectivity index (χ1) is 8.29.